The number of esters is 2. The van der Waals surface area contributed by atoms with Crippen molar-refractivity contribution in [2.75, 3.05) is 54.9 Å². The molecule has 2 amide bonds. The number of nitrogens with zero attached hydrogens (tertiary/aromatic N) is 9. The fourth-order valence-electron chi connectivity index (χ4n) is 8.84. The van der Waals surface area contributed by atoms with Crippen LogP contribution in [0, 0.1) is 11.8 Å². The number of piperidine rings is 2. The van der Waals surface area contributed by atoms with Crippen LogP contribution < -0.4 is 20.9 Å². The first-order valence-corrected chi connectivity index (χ1v) is 27.0. The maximum Gasteiger partial charge on any atom is 0.433 e. The molecule has 2 aliphatic rings. The fraction of sp³-hybridized carbons (Fsp3) is 0.276. The average Bonchev–Trinajstić information content (AvgIpc) is 4.40. The molecular weight excluding hydrogens is 1150 g/mol. The summed E-state index contributed by atoms with van der Waals surface area (Å²) in [5, 5.41) is 16.7. The first-order chi connectivity index (χ1) is 39.9. The van der Waals surface area contributed by atoms with Crippen LogP contribution in [0.3, 0.4) is 0 Å². The zero-order valence-corrected chi connectivity index (χ0v) is 46.3. The summed E-state index contributed by atoms with van der Waals surface area (Å²) in [5.74, 6) is -0.602. The number of carbonyl (C=O) groups excluding carboxylic acids is 4. The summed E-state index contributed by atoms with van der Waals surface area (Å²) in [5.41, 5.74) is 1.09. The number of amides is 2. The molecule has 2 aromatic carbocycles. The third-order valence-corrected chi connectivity index (χ3v) is 13.5. The molecule has 10 rings (SSSR count). The van der Waals surface area contributed by atoms with Crippen LogP contribution in [0.4, 0.5) is 43.7 Å². The van der Waals surface area contributed by atoms with Crippen molar-refractivity contribution in [1.29, 1.82) is 0 Å². The Bertz CT molecular complexity index is 3460. The van der Waals surface area contributed by atoms with E-state index in [1.165, 1.54) is 61.4 Å². The summed E-state index contributed by atoms with van der Waals surface area (Å²) in [6.45, 7) is 7.71. The van der Waals surface area contributed by atoms with Crippen molar-refractivity contribution in [2.24, 2.45) is 11.8 Å². The Morgan fingerprint density at radius 2 is 1.05 bits per heavy atom. The van der Waals surface area contributed by atoms with Gasteiger partial charge in [-0.15, -0.1) is 0 Å². The minimum atomic E-state index is -4.65. The number of rotatable bonds is 13. The maximum absolute atomic E-state index is 13.8. The summed E-state index contributed by atoms with van der Waals surface area (Å²) in [6, 6.07) is 27.9. The number of ether oxygens (including phenoxy) is 2. The molecule has 0 atom stereocenters. The van der Waals surface area contributed by atoms with E-state index in [0.717, 1.165) is 57.6 Å². The highest BCUT2D eigenvalue weighted by Crippen LogP contribution is 2.36. The predicted octanol–water partition coefficient (Wildman–Crippen LogP) is 11.3. The van der Waals surface area contributed by atoms with E-state index in [1.807, 2.05) is 13.0 Å². The Morgan fingerprint density at radius 3 is 1.47 bits per heavy atom. The normalized spacial score (nSPS) is 13.8. The molecule has 18 nitrogen and oxygen atoms in total. The van der Waals surface area contributed by atoms with Crippen molar-refractivity contribution in [3.63, 3.8) is 0 Å². The van der Waals surface area contributed by atoms with Gasteiger partial charge < -0.3 is 30.3 Å². The molecule has 0 unspecified atom stereocenters. The second kappa shape index (κ2) is 27.8. The van der Waals surface area contributed by atoms with E-state index < -0.39 is 35.6 Å². The highest BCUT2D eigenvalue weighted by molar-refractivity contribution is 9.10. The van der Waals surface area contributed by atoms with Gasteiger partial charge in [-0.3, -0.25) is 29.1 Å². The van der Waals surface area contributed by atoms with Gasteiger partial charge >= 0.3 is 24.3 Å². The zero-order chi connectivity index (χ0) is 59.1. The average molecular weight is 1210 g/mol. The van der Waals surface area contributed by atoms with Gasteiger partial charge in [-0.1, -0.05) is 28.1 Å². The van der Waals surface area contributed by atoms with Crippen LogP contribution in [0.1, 0.15) is 71.6 Å². The van der Waals surface area contributed by atoms with Gasteiger partial charge in [0, 0.05) is 70.3 Å². The fourth-order valence-corrected chi connectivity index (χ4v) is 9.24. The SMILES string of the molecule is CCOC(=O)C1CCN(c2cccc(C(=O)Nc3ccc(-n4nc(-c5cccnc5)cc4C(F)(F)F)cn3)c2)CC1.CCOC(=O)C1CCNCC1.O=C(Nc1ccc(-n2nc(-c3cccnc3)cc2C(F)(F)F)cn1)c1cccc(Br)c1. The van der Waals surface area contributed by atoms with Crippen molar-refractivity contribution in [3.05, 3.63) is 173 Å². The maximum atomic E-state index is 13.8. The molecule has 2 saturated heterocycles. The largest absolute Gasteiger partial charge is 0.466 e. The summed E-state index contributed by atoms with van der Waals surface area (Å²) < 4.78 is 94.4. The molecule has 8 heterocycles. The lowest BCUT2D eigenvalue weighted by molar-refractivity contribution is -0.149. The lowest BCUT2D eigenvalue weighted by Gasteiger charge is -2.32. The van der Waals surface area contributed by atoms with E-state index in [2.05, 4.69) is 66.9 Å². The predicted molar refractivity (Wildman–Crippen MR) is 299 cm³/mol. The lowest BCUT2D eigenvalue weighted by Crippen LogP contribution is -2.37. The van der Waals surface area contributed by atoms with E-state index in [9.17, 15) is 45.5 Å². The van der Waals surface area contributed by atoms with Crippen molar-refractivity contribution < 1.29 is 55.0 Å². The molecule has 25 heteroatoms. The van der Waals surface area contributed by atoms with Crippen molar-refractivity contribution >= 4 is 57.0 Å². The topological polar surface area (TPSA) is 213 Å². The van der Waals surface area contributed by atoms with Crippen LogP contribution in [0.5, 0.6) is 0 Å². The Kier molecular flexibility index (Phi) is 20.1. The molecule has 2 aliphatic heterocycles. The summed E-state index contributed by atoms with van der Waals surface area (Å²) in [6.07, 6.45) is 2.27. The third kappa shape index (κ3) is 16.2. The molecule has 0 bridgehead atoms. The first kappa shape index (κ1) is 60.3. The minimum Gasteiger partial charge on any atom is -0.466 e. The number of nitrogens with one attached hydrogen (secondary N) is 3. The molecule has 0 saturated carbocycles. The highest BCUT2D eigenvalue weighted by atomic mass is 79.9. The van der Waals surface area contributed by atoms with Crippen LogP contribution in [-0.2, 0) is 31.4 Å². The molecule has 6 aromatic heterocycles. The first-order valence-electron chi connectivity index (χ1n) is 26.2. The molecule has 8 aromatic rings. The van der Waals surface area contributed by atoms with E-state index in [1.54, 1.807) is 73.7 Å². The number of pyridine rings is 4. The van der Waals surface area contributed by atoms with Gasteiger partial charge in [0.15, 0.2) is 0 Å². The molecule has 83 heavy (non-hydrogen) atoms. The van der Waals surface area contributed by atoms with Gasteiger partial charge in [-0.25, -0.2) is 19.3 Å². The number of carbonyl (C=O) groups is 4. The van der Waals surface area contributed by atoms with Gasteiger partial charge in [0.05, 0.1) is 60.2 Å². The Labute approximate surface area is 480 Å². The van der Waals surface area contributed by atoms with Crippen LogP contribution in [0.15, 0.2) is 151 Å². The molecule has 3 N–H and O–H groups in total. The van der Waals surface area contributed by atoms with Gasteiger partial charge in [-0.05, 0) is 150 Å². The van der Waals surface area contributed by atoms with E-state index in [4.69, 9.17) is 9.47 Å². The van der Waals surface area contributed by atoms with Gasteiger partial charge in [0.25, 0.3) is 11.8 Å². The van der Waals surface area contributed by atoms with E-state index in [-0.39, 0.29) is 58.2 Å². The summed E-state index contributed by atoms with van der Waals surface area (Å²) >= 11 is 3.29. The molecule has 0 spiro atoms. The van der Waals surface area contributed by atoms with Crippen molar-refractivity contribution in [2.45, 2.75) is 51.9 Å². The van der Waals surface area contributed by atoms with E-state index in [0.29, 0.717) is 61.4 Å². The molecule has 432 valence electrons. The van der Waals surface area contributed by atoms with Gasteiger partial charge in [-0.2, -0.15) is 36.5 Å². The number of benzene rings is 2. The van der Waals surface area contributed by atoms with Crippen molar-refractivity contribution in [3.8, 4) is 33.9 Å². The summed E-state index contributed by atoms with van der Waals surface area (Å²) in [4.78, 5) is 66.6. The second-order valence-corrected chi connectivity index (χ2v) is 19.6. The quantitative estimate of drug-likeness (QED) is 0.0724. The van der Waals surface area contributed by atoms with Crippen LogP contribution in [-0.4, -0.2) is 103 Å². The number of halogens is 7. The van der Waals surface area contributed by atoms with E-state index >= 15 is 0 Å². The Hall–Kier alpha value is -8.84. The van der Waals surface area contributed by atoms with Gasteiger partial charge in [0.2, 0.25) is 0 Å². The molecular formula is C58H55BrF6N12O6. The standard InChI is InChI=1S/C29H27F3N6O3.C21H13BrF3N5O.C8H15NO2/c1-2-41-28(40)19-10-13-37(14-11-19)22-7-3-5-20(15-22)27(39)35-26-9-8-23(18-34-26)38-25(29(30,31)32)16-24(36-38)21-6-4-12-33-17-21;22-15-5-1-3-13(9-15)20(31)28-19-7-6-16(12-27-19)30-18(21(23,24)25)10-17(29-30)14-4-2-8-26-11-14;1-2-11-8(10)7-3-5-9-6-4-7/h3-9,12,15-19H,2,10-11,13-14H2,1H3,(H,34,35,39);1-12H,(H,27,28,31);7,9H,2-6H2,1H3. The highest BCUT2D eigenvalue weighted by Gasteiger charge is 2.38. The Morgan fingerprint density at radius 1 is 0.578 bits per heavy atom. The van der Waals surface area contributed by atoms with Crippen molar-refractivity contribution in [1.82, 2.24) is 44.8 Å². The number of hydrogen-bond donors (Lipinski definition) is 3. The molecule has 0 radical (unpaired) electrons. The molecule has 2 fully saturated rings. The zero-order valence-electron chi connectivity index (χ0n) is 44.7. The van der Waals surface area contributed by atoms with Crippen LogP contribution in [0.2, 0.25) is 0 Å². The number of alkyl halides is 6. The monoisotopic (exact) mass is 1210 g/mol. The van der Waals surface area contributed by atoms with Gasteiger partial charge in [0.1, 0.15) is 23.0 Å². The number of hydrogen-bond acceptors (Lipinski definition) is 14. The lowest BCUT2D eigenvalue weighted by atomic mass is 9.96. The smallest absolute Gasteiger partial charge is 0.433 e. The second-order valence-electron chi connectivity index (χ2n) is 18.7. The third-order valence-electron chi connectivity index (χ3n) is 13.0. The number of anilines is 3. The Balaban J connectivity index is 0.000000188. The summed E-state index contributed by atoms with van der Waals surface area (Å²) in [7, 11) is 0. The minimum absolute atomic E-state index is 0.0194. The van der Waals surface area contributed by atoms with Crippen LogP contribution in [0.25, 0.3) is 33.9 Å². The number of aromatic nitrogens is 8. The van der Waals surface area contributed by atoms with Crippen LogP contribution >= 0.6 is 15.9 Å². The molecule has 0 aliphatic carbocycles.